The fourth-order valence-corrected chi connectivity index (χ4v) is 7.43. The Kier molecular flexibility index (Phi) is 6.48. The molecule has 6 heteroatoms. The minimum absolute atomic E-state index is 0.106. The van der Waals surface area contributed by atoms with Crippen LogP contribution in [0.4, 0.5) is 0 Å². The monoisotopic (exact) mass is 590 g/mol. The normalized spacial score (nSPS) is 26.4. The molecule has 2 N–H and O–H groups in total. The van der Waals surface area contributed by atoms with Gasteiger partial charge in [-0.1, -0.05) is 6.58 Å². The van der Waals surface area contributed by atoms with Crippen LogP contribution < -0.4 is 15.0 Å². The summed E-state index contributed by atoms with van der Waals surface area (Å²) in [4.78, 5) is 4.32. The first-order chi connectivity index (χ1) is 13.8. The number of hydrogen-bond donors (Lipinski definition) is 2. The zero-order valence-corrected chi connectivity index (χ0v) is 21.3. The Labute approximate surface area is 188 Å². The molecule has 1 saturated carbocycles. The molecule has 2 aromatic carbocycles. The molecule has 3 radical (unpaired) electrons. The molecule has 1 aliphatic heterocycles. The van der Waals surface area contributed by atoms with Gasteiger partial charge in [-0.3, -0.25) is 10.3 Å². The van der Waals surface area contributed by atoms with Crippen molar-refractivity contribution in [3.8, 4) is 17.2 Å². The number of aromatic hydroxyl groups is 1. The van der Waals surface area contributed by atoms with Crippen molar-refractivity contribution in [2.75, 3.05) is 14.2 Å². The second kappa shape index (κ2) is 8.55. The minimum atomic E-state index is -0.351. The molecule has 1 aliphatic carbocycles. The number of ether oxygens (including phenoxy) is 2. The number of phenolic OH excluding ortho intramolecular Hbond substituents is 1. The van der Waals surface area contributed by atoms with Gasteiger partial charge in [0.25, 0.3) is 0 Å². The Bertz CT molecular complexity index is 885. The van der Waals surface area contributed by atoms with Gasteiger partial charge in [0.15, 0.2) is 0 Å². The molecule has 0 spiro atoms. The zero-order chi connectivity index (χ0) is 21.2. The molecule has 153 valence electrons. The summed E-state index contributed by atoms with van der Waals surface area (Å²) in [5, 5.41) is 9.71. The number of fused-ring (bicyclic) bond motifs is 3. The van der Waals surface area contributed by atoms with E-state index in [1.54, 1.807) is 19.2 Å². The van der Waals surface area contributed by atoms with Gasteiger partial charge in [-0.05, 0) is 0 Å². The number of rotatable bonds is 4. The maximum atomic E-state index is 9.71. The van der Waals surface area contributed by atoms with E-state index in [0.717, 1.165) is 54.8 Å². The summed E-state index contributed by atoms with van der Waals surface area (Å²) in [6, 6.07) is 11.8. The third-order valence-electron chi connectivity index (χ3n) is 5.99. The van der Waals surface area contributed by atoms with Crippen LogP contribution in [-0.2, 0) is 15.9 Å². The van der Waals surface area contributed by atoms with Gasteiger partial charge in [0.1, 0.15) is 0 Å². The molecule has 0 bridgehead atoms. The van der Waals surface area contributed by atoms with Crippen molar-refractivity contribution in [1.29, 1.82) is 0 Å². The van der Waals surface area contributed by atoms with Crippen molar-refractivity contribution in [2.45, 2.75) is 41.2 Å². The molecule has 3 atom stereocenters. The fraction of sp³-hybridized carbons (Fsp3) is 0.391. The van der Waals surface area contributed by atoms with Gasteiger partial charge in [0.2, 0.25) is 0 Å². The molecule has 2 aliphatic rings. The second-order valence-corrected chi connectivity index (χ2v) is 10.4. The Balaban J connectivity index is 0.000000431. The molecule has 1 fully saturated rings. The van der Waals surface area contributed by atoms with Crippen molar-refractivity contribution in [3.63, 3.8) is 0 Å². The molecule has 29 heavy (non-hydrogen) atoms. The van der Waals surface area contributed by atoms with Crippen LogP contribution in [0.2, 0.25) is 3.48 Å². The van der Waals surface area contributed by atoms with Crippen molar-refractivity contribution < 1.29 is 19.4 Å². The van der Waals surface area contributed by atoms with Crippen molar-refractivity contribution >= 4 is 25.8 Å². The summed E-state index contributed by atoms with van der Waals surface area (Å²) in [7, 11) is 3.27. The van der Waals surface area contributed by atoms with Gasteiger partial charge in [-0.2, -0.15) is 0 Å². The first-order valence-electron chi connectivity index (χ1n) is 9.62. The first kappa shape index (κ1) is 22.0. The van der Waals surface area contributed by atoms with Crippen molar-refractivity contribution in [2.24, 2.45) is 0 Å². The van der Waals surface area contributed by atoms with E-state index in [1.807, 2.05) is 12.1 Å². The first-order valence-corrected chi connectivity index (χ1v) is 11.9. The van der Waals surface area contributed by atoms with Gasteiger partial charge >= 0.3 is 159 Å². The zero-order valence-electron chi connectivity index (χ0n) is 17.4. The number of aryl methyl sites for hydroxylation is 1. The van der Waals surface area contributed by atoms with E-state index < -0.39 is 0 Å². The summed E-state index contributed by atoms with van der Waals surface area (Å²) >= 11 is 1.07. The quantitative estimate of drug-likeness (QED) is 0.412. The van der Waals surface area contributed by atoms with Crippen LogP contribution in [0, 0.1) is 6.92 Å². The number of phenols is 1. The van der Waals surface area contributed by atoms with E-state index in [-0.39, 0.29) is 11.0 Å². The standard InChI is InChI=1S/C20H21O3.C3H7NO.Pb/c1-13-11-16(22-3)18-17(12-13)23-20(10-4-9-19(18,20)2)14-5-7-15(21)8-6-14;1-3-4-5-2;/h5-8,10-12,21H,4,9H2,1-3H3;3-4H,1H2,2H3;. The summed E-state index contributed by atoms with van der Waals surface area (Å²) in [6.45, 7) is 7.71. The van der Waals surface area contributed by atoms with Crippen LogP contribution in [0.1, 0.15) is 36.5 Å². The van der Waals surface area contributed by atoms with E-state index in [1.165, 1.54) is 25.3 Å². The Morgan fingerprint density at radius 3 is 2.52 bits per heavy atom. The van der Waals surface area contributed by atoms with Crippen LogP contribution >= 0.6 is 0 Å². The Morgan fingerprint density at radius 1 is 1.28 bits per heavy atom. The molecular weight excluding hydrogens is 561 g/mol. The molecule has 0 amide bonds. The van der Waals surface area contributed by atoms with E-state index in [4.69, 9.17) is 9.47 Å². The fourth-order valence-electron chi connectivity index (χ4n) is 4.75. The molecule has 4 rings (SSSR count). The number of nitrogens with one attached hydrogen (secondary N) is 1. The molecule has 0 aromatic heterocycles. The summed E-state index contributed by atoms with van der Waals surface area (Å²) in [5.74, 6) is 2.19. The molecule has 0 saturated heterocycles. The average molecular weight is 590 g/mol. The Morgan fingerprint density at radius 2 is 1.97 bits per heavy atom. The number of benzene rings is 2. The van der Waals surface area contributed by atoms with Crippen LogP contribution in [0.25, 0.3) is 0 Å². The van der Waals surface area contributed by atoms with Crippen LogP contribution in [0.15, 0.2) is 49.2 Å². The van der Waals surface area contributed by atoms with Gasteiger partial charge in [0, 0.05) is 6.20 Å². The van der Waals surface area contributed by atoms with Crippen molar-refractivity contribution in [3.05, 3.63) is 65.9 Å². The van der Waals surface area contributed by atoms with Crippen molar-refractivity contribution in [1.82, 2.24) is 5.48 Å². The van der Waals surface area contributed by atoms with Gasteiger partial charge < -0.3 is 0 Å². The number of hydroxylamine groups is 1. The molecule has 3 unspecified atom stereocenters. The van der Waals surface area contributed by atoms with Gasteiger partial charge in [-0.25, -0.2) is 0 Å². The SMILES string of the molecule is C=CNOC.COc1cc(C)cc2c1C1(C)CC[CH]([Pb])C1(c1ccc(O)cc1)O2. The predicted molar refractivity (Wildman–Crippen MR) is 115 cm³/mol. The van der Waals surface area contributed by atoms with Gasteiger partial charge in [0.05, 0.1) is 7.11 Å². The second-order valence-electron chi connectivity index (χ2n) is 7.67. The number of methoxy groups -OCH3 is 1. The number of hydrogen-bond acceptors (Lipinski definition) is 5. The predicted octanol–water partition coefficient (Wildman–Crippen LogP) is 4.29. The third-order valence-corrected chi connectivity index (χ3v) is 8.70. The molecule has 5 nitrogen and oxygen atoms in total. The summed E-state index contributed by atoms with van der Waals surface area (Å²) < 4.78 is 13.0. The molecule has 1 heterocycles. The topological polar surface area (TPSA) is 60.0 Å². The van der Waals surface area contributed by atoms with Gasteiger partial charge in [-0.15, -0.1) is 0 Å². The van der Waals surface area contributed by atoms with Crippen LogP contribution in [0.3, 0.4) is 0 Å². The van der Waals surface area contributed by atoms with Crippen LogP contribution in [0.5, 0.6) is 17.2 Å². The Hall–Kier alpha value is -1.74. The summed E-state index contributed by atoms with van der Waals surface area (Å²) in [5.41, 5.74) is 5.44. The van der Waals surface area contributed by atoms with Crippen LogP contribution in [-0.4, -0.2) is 45.1 Å². The summed E-state index contributed by atoms with van der Waals surface area (Å²) in [6.07, 6.45) is 3.72. The molecule has 2 aromatic rings. The average Bonchev–Trinajstić information content (AvgIpc) is 3.10. The van der Waals surface area contributed by atoms with E-state index in [2.05, 4.69) is 42.9 Å². The third kappa shape index (κ3) is 3.52. The van der Waals surface area contributed by atoms with E-state index in [0.29, 0.717) is 9.23 Å². The van der Waals surface area contributed by atoms with E-state index in [9.17, 15) is 5.11 Å². The maximum absolute atomic E-state index is 9.71. The molecular formula is C23H28NO4Pb. The van der Waals surface area contributed by atoms with E-state index >= 15 is 0 Å².